The van der Waals surface area contributed by atoms with Crippen LogP contribution in [-0.2, 0) is 0 Å². The molecule has 3 aromatic rings. The maximum atomic E-state index is 13.5. The molecule has 1 amide bonds. The average molecular weight is 497 g/mol. The first-order chi connectivity index (χ1) is 14.8. The van der Waals surface area contributed by atoms with Gasteiger partial charge in [-0.1, -0.05) is 36.8 Å². The summed E-state index contributed by atoms with van der Waals surface area (Å²) in [6.45, 7) is 13.4. The summed E-state index contributed by atoms with van der Waals surface area (Å²) in [5, 5.41) is 1.38. The largest absolute Gasteiger partial charge is 0.491 e. The molecule has 0 fully saturated rings. The fourth-order valence-electron chi connectivity index (χ4n) is 3.43. The Bertz CT molecular complexity index is 1030. The Morgan fingerprint density at radius 1 is 1.12 bits per heavy atom. The van der Waals surface area contributed by atoms with E-state index in [1.807, 2.05) is 57.2 Å². The Morgan fingerprint density at radius 2 is 1.78 bits per heavy atom. The van der Waals surface area contributed by atoms with Crippen LogP contribution in [0.25, 0.3) is 10.2 Å². The predicted molar refractivity (Wildman–Crippen MR) is 138 cm³/mol. The van der Waals surface area contributed by atoms with Crippen molar-refractivity contribution < 1.29 is 9.53 Å². The number of aryl methyl sites for hydroxylation is 1. The van der Waals surface area contributed by atoms with Crippen LogP contribution in [0.5, 0.6) is 5.75 Å². The van der Waals surface area contributed by atoms with Crippen LogP contribution in [-0.4, -0.2) is 48.1 Å². The molecule has 5 nitrogen and oxygen atoms in total. The van der Waals surface area contributed by atoms with Crippen molar-refractivity contribution >= 4 is 56.6 Å². The van der Waals surface area contributed by atoms with Crippen molar-refractivity contribution in [1.82, 2.24) is 9.88 Å². The third-order valence-electron chi connectivity index (χ3n) is 5.12. The Labute approximate surface area is 205 Å². The van der Waals surface area contributed by atoms with E-state index in [0.29, 0.717) is 22.3 Å². The minimum atomic E-state index is -0.0638. The van der Waals surface area contributed by atoms with E-state index < -0.39 is 0 Å². The number of ether oxygens (including phenoxy) is 1. The van der Waals surface area contributed by atoms with Gasteiger partial charge >= 0.3 is 0 Å². The highest BCUT2D eigenvalue weighted by Gasteiger charge is 2.22. The van der Waals surface area contributed by atoms with Crippen molar-refractivity contribution in [1.29, 1.82) is 0 Å². The Hall–Kier alpha value is -1.86. The minimum Gasteiger partial charge on any atom is -0.491 e. The van der Waals surface area contributed by atoms with Crippen LogP contribution in [0, 0.1) is 6.92 Å². The van der Waals surface area contributed by atoms with E-state index >= 15 is 0 Å². The normalized spacial score (nSPS) is 11.1. The summed E-state index contributed by atoms with van der Waals surface area (Å²) in [5.74, 6) is 0.692. The van der Waals surface area contributed by atoms with E-state index in [1.165, 1.54) is 11.3 Å². The van der Waals surface area contributed by atoms with Gasteiger partial charge in [0.25, 0.3) is 5.91 Å². The fourth-order valence-corrected chi connectivity index (χ4v) is 4.87. The van der Waals surface area contributed by atoms with Gasteiger partial charge < -0.3 is 9.64 Å². The molecule has 0 spiro atoms. The number of anilines is 1. The molecular weight excluding hydrogens is 465 g/mol. The number of hydrogen-bond donors (Lipinski definition) is 0. The number of halogens is 2. The second kappa shape index (κ2) is 11.8. The molecule has 0 bridgehead atoms. The number of carbonyl (C=O) groups excluding carboxylic acids is 1. The quantitative estimate of drug-likeness (QED) is 0.341. The Kier molecular flexibility index (Phi) is 9.77. The predicted octanol–water partition coefficient (Wildman–Crippen LogP) is 6.46. The summed E-state index contributed by atoms with van der Waals surface area (Å²) in [7, 11) is 0. The molecule has 1 heterocycles. The average Bonchev–Trinajstić information content (AvgIpc) is 3.15. The van der Waals surface area contributed by atoms with Crippen molar-refractivity contribution in [3.8, 4) is 5.75 Å². The number of fused-ring (bicyclic) bond motifs is 1. The fraction of sp³-hybridized carbons (Fsp3) is 0.417. The molecule has 0 radical (unpaired) electrons. The third-order valence-corrected chi connectivity index (χ3v) is 6.37. The van der Waals surface area contributed by atoms with Crippen LogP contribution >= 0.6 is 35.3 Å². The molecule has 3 rings (SSSR count). The number of aromatic nitrogens is 1. The number of hydrogen-bond acceptors (Lipinski definition) is 5. The van der Waals surface area contributed by atoms with Gasteiger partial charge in [-0.2, -0.15) is 0 Å². The zero-order chi connectivity index (χ0) is 22.5. The standard InChI is InChI=1S/C24H30ClN3O2S.ClH/c1-6-27(7-2)12-13-28(23(29)18-8-10-20(11-9-18)30-16(3)4)24-26-22-17(5)14-19(25)15-21(22)31-24;/h8-11,14-16H,6-7,12-13H2,1-5H3;1H. The molecule has 0 unspecified atom stereocenters. The van der Waals surface area contributed by atoms with Gasteiger partial charge in [0, 0.05) is 23.7 Å². The van der Waals surface area contributed by atoms with Crippen molar-refractivity contribution in [2.75, 3.05) is 31.1 Å². The maximum Gasteiger partial charge on any atom is 0.260 e. The Balaban J connectivity index is 0.00000363. The Morgan fingerprint density at radius 3 is 2.38 bits per heavy atom. The number of nitrogens with zero attached hydrogens (tertiary/aromatic N) is 3. The van der Waals surface area contributed by atoms with Crippen LogP contribution in [0.3, 0.4) is 0 Å². The molecule has 0 aliphatic carbocycles. The minimum absolute atomic E-state index is 0. The van der Waals surface area contributed by atoms with Crippen LogP contribution in [0.2, 0.25) is 5.02 Å². The summed E-state index contributed by atoms with van der Waals surface area (Å²) >= 11 is 7.74. The number of rotatable bonds is 9. The third kappa shape index (κ3) is 6.35. The lowest BCUT2D eigenvalue weighted by Gasteiger charge is -2.25. The first kappa shape index (κ1) is 26.4. The number of benzene rings is 2. The molecule has 0 saturated heterocycles. The molecule has 0 atom stereocenters. The van der Waals surface area contributed by atoms with Crippen molar-refractivity contribution in [2.45, 2.75) is 40.7 Å². The van der Waals surface area contributed by atoms with Crippen LogP contribution in [0.1, 0.15) is 43.6 Å². The zero-order valence-electron chi connectivity index (χ0n) is 19.2. The molecule has 8 heteroatoms. The number of carbonyl (C=O) groups is 1. The van der Waals surface area contributed by atoms with Crippen LogP contribution in [0.4, 0.5) is 5.13 Å². The first-order valence-corrected chi connectivity index (χ1v) is 11.9. The molecule has 0 aliphatic heterocycles. The van der Waals surface area contributed by atoms with Gasteiger partial charge in [0.2, 0.25) is 0 Å². The highest BCUT2D eigenvalue weighted by Crippen LogP contribution is 2.33. The van der Waals surface area contributed by atoms with Crippen molar-refractivity contribution in [3.05, 3.63) is 52.5 Å². The summed E-state index contributed by atoms with van der Waals surface area (Å²) < 4.78 is 6.70. The van der Waals surface area contributed by atoms with E-state index in [-0.39, 0.29) is 24.4 Å². The smallest absolute Gasteiger partial charge is 0.260 e. The monoisotopic (exact) mass is 495 g/mol. The summed E-state index contributed by atoms with van der Waals surface area (Å²) in [6, 6.07) is 11.1. The van der Waals surface area contributed by atoms with Gasteiger partial charge in [-0.25, -0.2) is 4.98 Å². The van der Waals surface area contributed by atoms with Gasteiger partial charge in [0.15, 0.2) is 5.13 Å². The first-order valence-electron chi connectivity index (χ1n) is 10.7. The van der Waals surface area contributed by atoms with E-state index in [1.54, 1.807) is 4.90 Å². The molecule has 1 aromatic heterocycles. The maximum absolute atomic E-state index is 13.5. The van der Waals surface area contributed by atoms with E-state index in [0.717, 1.165) is 41.2 Å². The lowest BCUT2D eigenvalue weighted by atomic mass is 10.2. The van der Waals surface area contributed by atoms with E-state index in [2.05, 4.69) is 18.7 Å². The molecule has 174 valence electrons. The second-order valence-electron chi connectivity index (χ2n) is 7.74. The van der Waals surface area contributed by atoms with Gasteiger partial charge in [0.05, 0.1) is 16.3 Å². The van der Waals surface area contributed by atoms with E-state index in [9.17, 15) is 4.79 Å². The highest BCUT2D eigenvalue weighted by atomic mass is 35.5. The zero-order valence-corrected chi connectivity index (χ0v) is 21.6. The molecule has 2 aromatic carbocycles. The SMILES string of the molecule is CCN(CC)CCN(C(=O)c1ccc(OC(C)C)cc1)c1nc2c(C)cc(Cl)cc2s1.Cl. The summed E-state index contributed by atoms with van der Waals surface area (Å²) in [4.78, 5) is 22.4. The topological polar surface area (TPSA) is 45.7 Å². The highest BCUT2D eigenvalue weighted by molar-refractivity contribution is 7.22. The second-order valence-corrected chi connectivity index (χ2v) is 9.19. The van der Waals surface area contributed by atoms with Gasteiger partial charge in [-0.15, -0.1) is 12.4 Å². The molecule has 0 aliphatic rings. The van der Waals surface area contributed by atoms with Gasteiger partial charge in [0.1, 0.15) is 5.75 Å². The molecule has 0 saturated carbocycles. The van der Waals surface area contributed by atoms with Crippen molar-refractivity contribution in [2.24, 2.45) is 0 Å². The van der Waals surface area contributed by atoms with E-state index in [4.69, 9.17) is 21.3 Å². The lowest BCUT2D eigenvalue weighted by molar-refractivity contribution is 0.0983. The van der Waals surface area contributed by atoms with Crippen molar-refractivity contribution in [3.63, 3.8) is 0 Å². The van der Waals surface area contributed by atoms with Crippen LogP contribution < -0.4 is 9.64 Å². The summed E-state index contributed by atoms with van der Waals surface area (Å²) in [5.41, 5.74) is 2.52. The van der Waals surface area contributed by atoms with Gasteiger partial charge in [-0.3, -0.25) is 9.69 Å². The lowest BCUT2D eigenvalue weighted by Crippen LogP contribution is -2.38. The molecule has 32 heavy (non-hydrogen) atoms. The number of amides is 1. The molecular formula is C24H31Cl2N3O2S. The number of thiazole rings is 1. The molecule has 0 N–H and O–H groups in total. The summed E-state index contributed by atoms with van der Waals surface area (Å²) in [6.07, 6.45) is 0.0879. The number of likely N-dealkylation sites (N-methyl/N-ethyl adjacent to an activating group) is 1. The van der Waals surface area contributed by atoms with Crippen LogP contribution in [0.15, 0.2) is 36.4 Å². The van der Waals surface area contributed by atoms with Gasteiger partial charge in [-0.05, 0) is 75.8 Å².